The van der Waals surface area contributed by atoms with Gasteiger partial charge in [-0.3, -0.25) is 19.5 Å². The molecule has 1 atom stereocenters. The zero-order valence-electron chi connectivity index (χ0n) is 45.1. The van der Waals surface area contributed by atoms with E-state index in [-0.39, 0.29) is 32.7 Å². The molecule has 1 N–H and O–H groups in total. The Morgan fingerprint density at radius 2 is 0.975 bits per heavy atom. The van der Waals surface area contributed by atoms with Crippen molar-refractivity contribution in [2.24, 2.45) is 0 Å². The van der Waals surface area contributed by atoms with E-state index in [9.17, 15) is 9.59 Å². The number of nitrogens with zero attached hydrogens (tertiary/aromatic N) is 8. The summed E-state index contributed by atoms with van der Waals surface area (Å²) < 4.78 is 38.0. The molecule has 2 aliphatic heterocycles. The van der Waals surface area contributed by atoms with E-state index < -0.39 is 0 Å². The summed E-state index contributed by atoms with van der Waals surface area (Å²) in [6.07, 6.45) is 11.0. The number of amides is 2. The number of imide groups is 1. The van der Waals surface area contributed by atoms with E-state index >= 15 is 0 Å². The first-order valence-corrected chi connectivity index (χ1v) is 26.1. The Morgan fingerprint density at radius 1 is 0.494 bits per heavy atom. The van der Waals surface area contributed by atoms with E-state index in [1.54, 1.807) is 12.4 Å². The van der Waals surface area contributed by atoms with Crippen LogP contribution in [0.15, 0.2) is 225 Å². The molecule has 2 aliphatic rings. The third-order valence-corrected chi connectivity index (χ3v) is 13.3. The van der Waals surface area contributed by atoms with Crippen LogP contribution in [-0.4, -0.2) is 52.4 Å². The summed E-state index contributed by atoms with van der Waals surface area (Å²) in [5.74, 6) is 2.62. The molecule has 0 radical (unpaired) electrons. The van der Waals surface area contributed by atoms with Crippen molar-refractivity contribution in [3.8, 4) is 29.2 Å². The summed E-state index contributed by atoms with van der Waals surface area (Å²) in [6.45, 7) is 2.60. The largest absolute Gasteiger partial charge is 0.473 e. The third-order valence-electron chi connectivity index (χ3n) is 13.3. The lowest BCUT2D eigenvalue weighted by Gasteiger charge is -2.22. The van der Waals surface area contributed by atoms with Gasteiger partial charge in [0.05, 0.1) is 0 Å². The highest BCUT2D eigenvalue weighted by atomic mass is 16.5. The molecule has 81 heavy (non-hydrogen) atoms. The average Bonchev–Trinajstić information content (AvgIpc) is 3.92. The fourth-order valence-corrected chi connectivity index (χ4v) is 9.30. The second kappa shape index (κ2) is 26.9. The smallest absolute Gasteiger partial charge is 0.249 e. The van der Waals surface area contributed by atoms with Crippen LogP contribution in [0.1, 0.15) is 64.5 Å². The van der Waals surface area contributed by atoms with Crippen LogP contribution in [0.4, 0.5) is 11.5 Å². The molecule has 11 aromatic rings. The van der Waals surface area contributed by atoms with Crippen LogP contribution in [-0.2, 0) is 42.4 Å². The molecule has 0 saturated carbocycles. The maximum atomic E-state index is 11.8. The Morgan fingerprint density at radius 3 is 1.54 bits per heavy atom. The Hall–Kier alpha value is -10.2. The normalized spacial score (nSPS) is 13.3. The zero-order chi connectivity index (χ0) is 55.6. The molecule has 0 spiro atoms. The van der Waals surface area contributed by atoms with Gasteiger partial charge in [0.15, 0.2) is 0 Å². The number of rotatable bonds is 15. The van der Waals surface area contributed by atoms with E-state index in [4.69, 9.17) is 26.9 Å². The number of ether oxygens (including phenoxy) is 4. The summed E-state index contributed by atoms with van der Waals surface area (Å²) in [5, 5.41) is 4.41. The van der Waals surface area contributed by atoms with Gasteiger partial charge in [0.2, 0.25) is 35.3 Å². The van der Waals surface area contributed by atoms with Gasteiger partial charge in [-0.05, 0) is 95.3 Å². The Kier molecular flexibility index (Phi) is 18.0. The summed E-state index contributed by atoms with van der Waals surface area (Å²) in [7, 11) is 0. The number of piperidine rings is 1. The van der Waals surface area contributed by atoms with Crippen molar-refractivity contribution in [1.82, 2.24) is 39.4 Å². The first kappa shape index (κ1) is 54.2. The first-order chi connectivity index (χ1) is 40.0. The Balaban J connectivity index is 0.000000165. The highest BCUT2D eigenvalue weighted by Crippen LogP contribution is 2.39. The van der Waals surface area contributed by atoms with Crippen molar-refractivity contribution in [3.63, 3.8) is 0 Å². The maximum absolute atomic E-state index is 11.8. The van der Waals surface area contributed by atoms with Crippen molar-refractivity contribution in [3.05, 3.63) is 253 Å². The molecular weight excluding hydrogens is 1010 g/mol. The molecule has 13 rings (SSSR count). The van der Waals surface area contributed by atoms with E-state index in [2.05, 4.69) is 36.2 Å². The topological polar surface area (TPSA) is 161 Å². The second-order valence-corrected chi connectivity index (χ2v) is 18.6. The molecule has 9 heterocycles. The second-order valence-electron chi connectivity index (χ2n) is 18.6. The number of aromatic nitrogens is 7. The minimum absolute atomic E-state index is 0. The summed E-state index contributed by atoms with van der Waals surface area (Å²) >= 11 is 0. The SMILES string of the molecule is C.C.O=C1CCC(n2ccc3cccnc32)C(=O)N1.[2H][2H].c1ccc(COc2ccc(-n3ccc4cccnc43)c(OCc3ccccc3)n2)cc1.c1ccc(COc2ccc(N3CCc4cccnc43)c(OCc3ccccc3)n2)cc1. The van der Waals surface area contributed by atoms with Crippen molar-refractivity contribution >= 4 is 45.4 Å². The van der Waals surface area contributed by atoms with Crippen LogP contribution < -0.4 is 29.2 Å². The van der Waals surface area contributed by atoms with Gasteiger partial charge >= 0.3 is 0 Å². The number of pyridine rings is 5. The number of carbonyl (C=O) groups is 2. The van der Waals surface area contributed by atoms with Crippen LogP contribution in [0.2, 0.25) is 0 Å². The van der Waals surface area contributed by atoms with Gasteiger partial charge in [0.1, 0.15) is 61.0 Å². The number of anilines is 2. The molecule has 1 fully saturated rings. The van der Waals surface area contributed by atoms with E-state index in [1.807, 2.05) is 216 Å². The quantitative estimate of drug-likeness (QED) is 0.0969. The minimum Gasteiger partial charge on any atom is -0.473 e. The van der Waals surface area contributed by atoms with Crippen molar-refractivity contribution in [2.75, 3.05) is 11.4 Å². The average molecular weight is 1080 g/mol. The van der Waals surface area contributed by atoms with Crippen LogP contribution in [0.3, 0.4) is 0 Å². The van der Waals surface area contributed by atoms with Crippen LogP contribution >= 0.6 is 0 Å². The lowest BCUT2D eigenvalue weighted by molar-refractivity contribution is -0.135. The van der Waals surface area contributed by atoms with Crippen LogP contribution in [0, 0.1) is 0 Å². The predicted molar refractivity (Wildman–Crippen MR) is 318 cm³/mol. The standard InChI is InChI=1S/C26H23N3O2.C26H21N3O2.C12H11N3O2.2CH4.H2/c2*1-3-8-20(9-4-1)18-30-24-14-13-23(29-17-15-22-12-7-16-27-25(22)29)26(28-24)31-19-21-10-5-2-6-11-21;16-10-4-3-9(12(17)14-10)15-7-5-8-2-1-6-13-11(8)15;;;/h1-14,16H,15,17-19H2;1-17H,18-19H2;1-2,5-7,9H,3-4H2,(H,14,16,17);2*1H4;1H/i;;;;;1+1D. The number of hydrogen-bond donors (Lipinski definition) is 1. The molecule has 15 nitrogen and oxygen atoms in total. The first-order valence-electron chi connectivity index (χ1n) is 27.1. The molecule has 0 aliphatic carbocycles. The molecular formula is C66H65N9O6. The van der Waals surface area contributed by atoms with Gasteiger partial charge in [-0.2, -0.15) is 9.97 Å². The van der Waals surface area contributed by atoms with Gasteiger partial charge in [-0.25, -0.2) is 15.0 Å². The number of hydrogen-bond acceptors (Lipinski definition) is 12. The van der Waals surface area contributed by atoms with Gasteiger partial charge < -0.3 is 28.4 Å². The van der Waals surface area contributed by atoms with Gasteiger partial charge in [-0.15, -0.1) is 0 Å². The fraction of sp³-hybridized carbons (Fsp3) is 0.167. The minimum atomic E-state index is -0.333. The van der Waals surface area contributed by atoms with Crippen molar-refractivity contribution in [2.45, 2.75) is 66.6 Å². The molecule has 1 unspecified atom stereocenters. The Labute approximate surface area is 474 Å². The number of carbonyl (C=O) groups excluding carboxylic acids is 2. The highest BCUT2D eigenvalue weighted by Gasteiger charge is 2.29. The van der Waals surface area contributed by atoms with Crippen molar-refractivity contribution in [1.29, 1.82) is 0 Å². The molecule has 1 saturated heterocycles. The monoisotopic (exact) mass is 1080 g/mol. The summed E-state index contributed by atoms with van der Waals surface area (Å²) in [4.78, 5) is 47.8. The molecule has 7 aromatic heterocycles. The molecule has 410 valence electrons. The van der Waals surface area contributed by atoms with Gasteiger partial charge in [0.25, 0.3) is 0 Å². The van der Waals surface area contributed by atoms with E-state index in [0.29, 0.717) is 62.8 Å². The Bertz CT molecular complexity index is 3820. The van der Waals surface area contributed by atoms with E-state index in [0.717, 1.165) is 74.5 Å². The molecule has 0 bridgehead atoms. The fourth-order valence-electron chi connectivity index (χ4n) is 9.30. The molecule has 4 aromatic carbocycles. The van der Waals surface area contributed by atoms with Gasteiger partial charge in [-0.1, -0.05) is 142 Å². The van der Waals surface area contributed by atoms with E-state index in [1.165, 1.54) is 5.56 Å². The maximum Gasteiger partial charge on any atom is 0.249 e. The third kappa shape index (κ3) is 13.8. The zero-order valence-corrected chi connectivity index (χ0v) is 43.1. The number of benzene rings is 4. The number of nitrogens with one attached hydrogen (secondary N) is 1. The lowest BCUT2D eigenvalue weighted by Crippen LogP contribution is -2.41. The molecule has 2 amide bonds. The molecule has 15 heteroatoms. The number of fused-ring (bicyclic) bond motifs is 3. The predicted octanol–water partition coefficient (Wildman–Crippen LogP) is 13.4. The highest BCUT2D eigenvalue weighted by molar-refractivity contribution is 6.00. The summed E-state index contributed by atoms with van der Waals surface area (Å²) in [5.41, 5.74) is 8.93. The summed E-state index contributed by atoms with van der Waals surface area (Å²) in [6, 6.07) is 63.5. The van der Waals surface area contributed by atoms with Crippen LogP contribution in [0.25, 0.3) is 27.8 Å². The van der Waals surface area contributed by atoms with Crippen molar-refractivity contribution < 1.29 is 31.5 Å². The lowest BCUT2D eigenvalue weighted by atomic mass is 10.1. The van der Waals surface area contributed by atoms with Gasteiger partial charge in [0, 0.05) is 69.8 Å². The van der Waals surface area contributed by atoms with Crippen LogP contribution in [0.5, 0.6) is 23.5 Å².